The number of rotatable bonds is 5. The Morgan fingerprint density at radius 1 is 1.29 bits per heavy atom. The molecule has 0 aliphatic heterocycles. The average Bonchev–Trinajstić information content (AvgIpc) is 2.48. The van der Waals surface area contributed by atoms with Gasteiger partial charge in [-0.1, -0.05) is 31.9 Å². The van der Waals surface area contributed by atoms with Gasteiger partial charge in [-0.05, 0) is 37.4 Å². The minimum absolute atomic E-state index is 0.127. The van der Waals surface area contributed by atoms with E-state index >= 15 is 0 Å². The lowest BCUT2D eigenvalue weighted by Crippen LogP contribution is -2.48. The quantitative estimate of drug-likeness (QED) is 0.907. The summed E-state index contributed by atoms with van der Waals surface area (Å²) in [6.45, 7) is 2.59. The average molecular weight is 314 g/mol. The summed E-state index contributed by atoms with van der Waals surface area (Å²) >= 11 is 0. The molecule has 21 heavy (non-hydrogen) atoms. The minimum Gasteiger partial charge on any atom is -0.330 e. The van der Waals surface area contributed by atoms with Crippen molar-refractivity contribution in [2.75, 3.05) is 13.1 Å². The van der Waals surface area contributed by atoms with Crippen LogP contribution in [0.15, 0.2) is 29.2 Å². The molecule has 0 amide bonds. The molecular weight excluding hydrogens is 291 g/mol. The van der Waals surface area contributed by atoms with E-state index < -0.39 is 15.8 Å². The SMILES string of the molecule is CCN(C1CCCCC1CN)S(=O)(=O)c1ccccc1F. The van der Waals surface area contributed by atoms with Crippen molar-refractivity contribution in [3.05, 3.63) is 30.1 Å². The zero-order valence-electron chi connectivity index (χ0n) is 12.3. The van der Waals surface area contributed by atoms with E-state index in [1.54, 1.807) is 13.0 Å². The molecule has 1 aromatic rings. The van der Waals surface area contributed by atoms with E-state index in [4.69, 9.17) is 5.73 Å². The van der Waals surface area contributed by atoms with Gasteiger partial charge in [-0.15, -0.1) is 0 Å². The molecule has 0 aromatic heterocycles. The molecule has 6 heteroatoms. The van der Waals surface area contributed by atoms with Crippen LogP contribution in [-0.2, 0) is 10.0 Å². The van der Waals surface area contributed by atoms with Crippen LogP contribution in [0.4, 0.5) is 4.39 Å². The standard InChI is InChI=1S/C15H23FN2O2S/c1-2-18(14-9-5-3-7-12(14)11-17)21(19,20)15-10-6-4-8-13(15)16/h4,6,8,10,12,14H,2-3,5,7,9,11,17H2,1H3. The Kier molecular flexibility index (Phi) is 5.35. The Morgan fingerprint density at radius 3 is 2.57 bits per heavy atom. The van der Waals surface area contributed by atoms with Gasteiger partial charge in [0.2, 0.25) is 10.0 Å². The first-order valence-corrected chi connectivity index (χ1v) is 8.92. The number of nitrogens with zero attached hydrogens (tertiary/aromatic N) is 1. The third-order valence-corrected chi connectivity index (χ3v) is 6.31. The van der Waals surface area contributed by atoms with Gasteiger partial charge in [0, 0.05) is 12.6 Å². The molecule has 2 N–H and O–H groups in total. The number of nitrogens with two attached hydrogens (primary N) is 1. The molecule has 0 heterocycles. The number of hydrogen-bond acceptors (Lipinski definition) is 3. The van der Waals surface area contributed by atoms with Gasteiger partial charge in [0.15, 0.2) is 0 Å². The normalized spacial score (nSPS) is 23.4. The van der Waals surface area contributed by atoms with Gasteiger partial charge in [0.05, 0.1) is 0 Å². The predicted molar refractivity (Wildman–Crippen MR) is 80.8 cm³/mol. The number of halogens is 1. The van der Waals surface area contributed by atoms with E-state index in [2.05, 4.69) is 0 Å². The molecule has 2 unspecified atom stereocenters. The van der Waals surface area contributed by atoms with Gasteiger partial charge in [0.25, 0.3) is 0 Å². The minimum atomic E-state index is -3.82. The zero-order valence-corrected chi connectivity index (χ0v) is 13.2. The summed E-state index contributed by atoms with van der Waals surface area (Å²) in [5, 5.41) is 0. The summed E-state index contributed by atoms with van der Waals surface area (Å²) in [7, 11) is -3.82. The first-order chi connectivity index (χ1) is 10.0. The highest BCUT2D eigenvalue weighted by molar-refractivity contribution is 7.89. The van der Waals surface area contributed by atoms with Crippen molar-refractivity contribution in [2.45, 2.75) is 43.5 Å². The molecule has 0 saturated heterocycles. The van der Waals surface area contributed by atoms with E-state index in [0.29, 0.717) is 13.1 Å². The van der Waals surface area contributed by atoms with Gasteiger partial charge >= 0.3 is 0 Å². The van der Waals surface area contributed by atoms with Crippen LogP contribution in [0.3, 0.4) is 0 Å². The highest BCUT2D eigenvalue weighted by Crippen LogP contribution is 2.32. The summed E-state index contributed by atoms with van der Waals surface area (Å²) in [4.78, 5) is -0.242. The Balaban J connectivity index is 2.38. The van der Waals surface area contributed by atoms with Gasteiger partial charge in [-0.2, -0.15) is 4.31 Å². The van der Waals surface area contributed by atoms with Crippen LogP contribution < -0.4 is 5.73 Å². The van der Waals surface area contributed by atoms with Crippen LogP contribution >= 0.6 is 0 Å². The fourth-order valence-corrected chi connectivity index (χ4v) is 5.00. The summed E-state index contributed by atoms with van der Waals surface area (Å²) < 4.78 is 40.9. The number of sulfonamides is 1. The van der Waals surface area contributed by atoms with E-state index in [-0.39, 0.29) is 16.9 Å². The molecule has 2 atom stereocenters. The second-order valence-corrected chi connectivity index (χ2v) is 7.35. The van der Waals surface area contributed by atoms with E-state index in [1.807, 2.05) is 0 Å². The Hall–Kier alpha value is -0.980. The molecule has 0 bridgehead atoms. The summed E-state index contributed by atoms with van der Waals surface area (Å²) in [6.07, 6.45) is 3.80. The van der Waals surface area contributed by atoms with Crippen molar-refractivity contribution in [1.29, 1.82) is 0 Å². The lowest BCUT2D eigenvalue weighted by Gasteiger charge is -2.38. The van der Waals surface area contributed by atoms with Gasteiger partial charge in [0.1, 0.15) is 10.7 Å². The first-order valence-electron chi connectivity index (χ1n) is 7.48. The van der Waals surface area contributed by atoms with Crippen molar-refractivity contribution in [2.24, 2.45) is 11.7 Å². The molecule has 4 nitrogen and oxygen atoms in total. The Morgan fingerprint density at radius 2 is 1.95 bits per heavy atom. The third-order valence-electron chi connectivity index (χ3n) is 4.28. The third kappa shape index (κ3) is 3.27. The van der Waals surface area contributed by atoms with Gasteiger partial charge < -0.3 is 5.73 Å². The maximum Gasteiger partial charge on any atom is 0.246 e. The monoisotopic (exact) mass is 314 g/mol. The molecule has 1 aliphatic rings. The summed E-state index contributed by atoms with van der Waals surface area (Å²) in [5.41, 5.74) is 5.80. The maximum atomic E-state index is 13.9. The molecule has 1 fully saturated rings. The summed E-state index contributed by atoms with van der Waals surface area (Å²) in [6, 6.07) is 5.42. The zero-order chi connectivity index (χ0) is 15.5. The van der Waals surface area contributed by atoms with Gasteiger partial charge in [-0.3, -0.25) is 0 Å². The fraction of sp³-hybridized carbons (Fsp3) is 0.600. The van der Waals surface area contributed by atoms with Crippen molar-refractivity contribution in [3.8, 4) is 0 Å². The molecule has 0 radical (unpaired) electrons. The van der Waals surface area contributed by atoms with Crippen molar-refractivity contribution >= 4 is 10.0 Å². The van der Waals surface area contributed by atoms with E-state index in [1.165, 1.54) is 22.5 Å². The lowest BCUT2D eigenvalue weighted by molar-refractivity contribution is 0.187. The summed E-state index contributed by atoms with van der Waals surface area (Å²) in [5.74, 6) is -0.545. The molecule has 1 saturated carbocycles. The number of benzene rings is 1. The lowest BCUT2D eigenvalue weighted by atomic mass is 9.84. The molecule has 1 aromatic carbocycles. The van der Waals surface area contributed by atoms with Crippen molar-refractivity contribution in [1.82, 2.24) is 4.31 Å². The molecular formula is C15H23FN2O2S. The van der Waals surface area contributed by atoms with Gasteiger partial charge in [-0.25, -0.2) is 12.8 Å². The number of hydrogen-bond donors (Lipinski definition) is 1. The second-order valence-electron chi connectivity index (χ2n) is 5.49. The van der Waals surface area contributed by atoms with Crippen LogP contribution in [0.1, 0.15) is 32.6 Å². The first kappa shape index (κ1) is 16.4. The largest absolute Gasteiger partial charge is 0.330 e. The van der Waals surface area contributed by atoms with Crippen LogP contribution in [-0.4, -0.2) is 31.9 Å². The highest BCUT2D eigenvalue weighted by Gasteiger charge is 2.37. The van der Waals surface area contributed by atoms with Crippen LogP contribution in [0.2, 0.25) is 0 Å². The Labute approximate surface area is 126 Å². The molecule has 1 aliphatic carbocycles. The predicted octanol–water partition coefficient (Wildman–Crippen LogP) is 2.35. The van der Waals surface area contributed by atoms with Crippen molar-refractivity contribution < 1.29 is 12.8 Å². The van der Waals surface area contributed by atoms with Crippen LogP contribution in [0, 0.1) is 11.7 Å². The van der Waals surface area contributed by atoms with Crippen LogP contribution in [0.25, 0.3) is 0 Å². The molecule has 0 spiro atoms. The Bertz CT molecular complexity index is 577. The molecule has 118 valence electrons. The smallest absolute Gasteiger partial charge is 0.246 e. The van der Waals surface area contributed by atoms with Crippen molar-refractivity contribution in [3.63, 3.8) is 0 Å². The maximum absolute atomic E-state index is 13.9. The fourth-order valence-electron chi connectivity index (χ4n) is 3.21. The van der Waals surface area contributed by atoms with E-state index in [9.17, 15) is 12.8 Å². The topological polar surface area (TPSA) is 63.4 Å². The van der Waals surface area contributed by atoms with E-state index in [0.717, 1.165) is 25.7 Å². The highest BCUT2D eigenvalue weighted by atomic mass is 32.2. The molecule has 2 rings (SSSR count). The second kappa shape index (κ2) is 6.85. The van der Waals surface area contributed by atoms with Crippen LogP contribution in [0.5, 0.6) is 0 Å².